The Bertz CT molecular complexity index is 1070. The zero-order chi connectivity index (χ0) is 23.4. The summed E-state index contributed by atoms with van der Waals surface area (Å²) in [6.45, 7) is 9.04. The first-order valence-corrected chi connectivity index (χ1v) is 11.4. The topological polar surface area (TPSA) is 39.7 Å². The van der Waals surface area contributed by atoms with Gasteiger partial charge in [0.2, 0.25) is 0 Å². The van der Waals surface area contributed by atoms with E-state index in [0.717, 1.165) is 29.1 Å². The molecule has 4 rings (SSSR count). The van der Waals surface area contributed by atoms with Gasteiger partial charge in [-0.15, -0.1) is 0 Å². The van der Waals surface area contributed by atoms with E-state index in [0.29, 0.717) is 0 Å². The summed E-state index contributed by atoms with van der Waals surface area (Å²) < 4.78 is 32.8. The molecule has 3 aromatic carbocycles. The van der Waals surface area contributed by atoms with Crippen molar-refractivity contribution in [1.82, 2.24) is 0 Å². The molecular formula is C28H32FNO3. The van der Waals surface area contributed by atoms with Gasteiger partial charge in [0.25, 0.3) is 0 Å². The fourth-order valence-corrected chi connectivity index (χ4v) is 4.18. The van der Waals surface area contributed by atoms with Crippen molar-refractivity contribution < 1.29 is 18.6 Å². The van der Waals surface area contributed by atoms with Gasteiger partial charge < -0.3 is 19.5 Å². The largest absolute Gasteiger partial charge is 0.485 e. The molecule has 0 amide bonds. The molecule has 1 N–H and O–H groups in total. The van der Waals surface area contributed by atoms with Gasteiger partial charge in [-0.3, -0.25) is 0 Å². The molecule has 3 aromatic rings. The Balaban J connectivity index is 1.59. The fraction of sp³-hybridized carbons (Fsp3) is 0.357. The van der Waals surface area contributed by atoms with Gasteiger partial charge >= 0.3 is 0 Å². The zero-order valence-corrected chi connectivity index (χ0v) is 19.7. The van der Waals surface area contributed by atoms with E-state index >= 15 is 0 Å². The number of fused-ring (bicyclic) bond motifs is 1. The van der Waals surface area contributed by atoms with Gasteiger partial charge in [-0.2, -0.15) is 0 Å². The lowest BCUT2D eigenvalue weighted by Crippen LogP contribution is -2.51. The maximum absolute atomic E-state index is 13.7. The molecule has 0 spiro atoms. The Hall–Kier alpha value is -2.89. The van der Waals surface area contributed by atoms with Crippen molar-refractivity contribution in [2.24, 2.45) is 0 Å². The molecule has 0 bridgehead atoms. The van der Waals surface area contributed by atoms with Crippen molar-refractivity contribution >= 4 is 5.69 Å². The van der Waals surface area contributed by atoms with Crippen LogP contribution in [0, 0.1) is 5.82 Å². The number of hydrogen-bond acceptors (Lipinski definition) is 4. The van der Waals surface area contributed by atoms with Crippen molar-refractivity contribution in [1.29, 1.82) is 0 Å². The molecule has 33 heavy (non-hydrogen) atoms. The minimum Gasteiger partial charge on any atom is -0.485 e. The standard InChI is InChI=1S/C28H32FNO3/c1-19(2)32-26-24-16-23(30-17-20-9-6-5-7-10-20)13-14-25(24)33-28(3,4)27(26)31-18-21-11-8-12-22(29)15-21/h5-16,19,26-27,30H,17-18H2,1-4H3. The van der Waals surface area contributed by atoms with Gasteiger partial charge in [-0.05, 0) is 69.2 Å². The Morgan fingerprint density at radius 1 is 0.970 bits per heavy atom. The normalized spacial score (nSPS) is 19.1. The average molecular weight is 450 g/mol. The summed E-state index contributed by atoms with van der Waals surface area (Å²) in [5.74, 6) is 0.520. The highest BCUT2D eigenvalue weighted by molar-refractivity contribution is 5.54. The van der Waals surface area contributed by atoms with Crippen LogP contribution in [0.3, 0.4) is 0 Å². The second kappa shape index (κ2) is 9.94. The maximum Gasteiger partial charge on any atom is 0.132 e. The van der Waals surface area contributed by atoms with Crippen LogP contribution in [0.25, 0.3) is 0 Å². The van der Waals surface area contributed by atoms with Crippen molar-refractivity contribution in [2.45, 2.75) is 64.8 Å². The van der Waals surface area contributed by atoms with Crippen molar-refractivity contribution in [3.05, 3.63) is 95.3 Å². The molecule has 0 fully saturated rings. The van der Waals surface area contributed by atoms with E-state index in [-0.39, 0.29) is 30.7 Å². The van der Waals surface area contributed by atoms with Gasteiger partial charge in [0.05, 0.1) is 12.7 Å². The zero-order valence-electron chi connectivity index (χ0n) is 19.7. The fourth-order valence-electron chi connectivity index (χ4n) is 4.18. The lowest BCUT2D eigenvalue weighted by Gasteiger charge is -2.45. The van der Waals surface area contributed by atoms with Gasteiger partial charge in [0, 0.05) is 17.8 Å². The average Bonchev–Trinajstić information content (AvgIpc) is 2.77. The maximum atomic E-state index is 13.7. The number of benzene rings is 3. The Kier molecular flexibility index (Phi) is 7.01. The summed E-state index contributed by atoms with van der Waals surface area (Å²) in [5, 5.41) is 3.49. The highest BCUT2D eigenvalue weighted by atomic mass is 19.1. The third-order valence-electron chi connectivity index (χ3n) is 5.73. The summed E-state index contributed by atoms with van der Waals surface area (Å²) >= 11 is 0. The van der Waals surface area contributed by atoms with Crippen LogP contribution >= 0.6 is 0 Å². The molecular weight excluding hydrogens is 417 g/mol. The number of ether oxygens (including phenoxy) is 3. The number of anilines is 1. The summed E-state index contributed by atoms with van der Waals surface area (Å²) in [5.41, 5.74) is 3.29. The number of halogens is 1. The second-order valence-corrected chi connectivity index (χ2v) is 9.26. The van der Waals surface area contributed by atoms with E-state index < -0.39 is 5.60 Å². The van der Waals surface area contributed by atoms with Crippen LogP contribution in [-0.2, 0) is 22.6 Å². The van der Waals surface area contributed by atoms with E-state index in [9.17, 15) is 4.39 Å². The third-order valence-corrected chi connectivity index (χ3v) is 5.73. The predicted molar refractivity (Wildman–Crippen MR) is 129 cm³/mol. The lowest BCUT2D eigenvalue weighted by molar-refractivity contribution is -0.177. The monoisotopic (exact) mass is 449 g/mol. The van der Waals surface area contributed by atoms with Crippen molar-refractivity contribution in [3.8, 4) is 5.75 Å². The van der Waals surface area contributed by atoms with Gasteiger partial charge in [-0.1, -0.05) is 42.5 Å². The minimum absolute atomic E-state index is 0.00189. The first-order chi connectivity index (χ1) is 15.8. The molecule has 0 saturated heterocycles. The van der Waals surface area contributed by atoms with Crippen LogP contribution < -0.4 is 10.1 Å². The van der Waals surface area contributed by atoms with Crippen LogP contribution in [0.1, 0.15) is 50.5 Å². The molecule has 2 unspecified atom stereocenters. The van der Waals surface area contributed by atoms with Gasteiger partial charge in [0.1, 0.15) is 29.4 Å². The lowest BCUT2D eigenvalue weighted by atomic mass is 9.87. The molecule has 0 radical (unpaired) electrons. The molecule has 0 saturated carbocycles. The summed E-state index contributed by atoms with van der Waals surface area (Å²) in [6.07, 6.45) is -0.700. The van der Waals surface area contributed by atoms with Crippen molar-refractivity contribution in [3.63, 3.8) is 0 Å². The molecule has 0 aromatic heterocycles. The molecule has 5 heteroatoms. The van der Waals surface area contributed by atoms with Crippen LogP contribution in [0.5, 0.6) is 5.75 Å². The molecule has 1 aliphatic heterocycles. The van der Waals surface area contributed by atoms with Crippen molar-refractivity contribution in [2.75, 3.05) is 5.32 Å². The quantitative estimate of drug-likeness (QED) is 0.417. The molecule has 4 nitrogen and oxygen atoms in total. The number of nitrogens with one attached hydrogen (secondary N) is 1. The van der Waals surface area contributed by atoms with Crippen LogP contribution in [-0.4, -0.2) is 17.8 Å². The number of rotatable bonds is 8. The SMILES string of the molecule is CC(C)OC1c2cc(NCc3ccccc3)ccc2OC(C)(C)C1OCc1cccc(F)c1. The van der Waals surface area contributed by atoms with Crippen LogP contribution in [0.2, 0.25) is 0 Å². The smallest absolute Gasteiger partial charge is 0.132 e. The minimum atomic E-state index is -0.626. The number of hydrogen-bond donors (Lipinski definition) is 1. The van der Waals surface area contributed by atoms with Gasteiger partial charge in [0.15, 0.2) is 0 Å². The Labute approximate surface area is 195 Å². The van der Waals surface area contributed by atoms with E-state index in [1.165, 1.54) is 17.7 Å². The highest BCUT2D eigenvalue weighted by Crippen LogP contribution is 2.45. The van der Waals surface area contributed by atoms with Gasteiger partial charge in [-0.25, -0.2) is 4.39 Å². The summed E-state index contributed by atoms with van der Waals surface area (Å²) in [4.78, 5) is 0. The highest BCUT2D eigenvalue weighted by Gasteiger charge is 2.46. The molecule has 1 heterocycles. The summed E-state index contributed by atoms with van der Waals surface area (Å²) in [7, 11) is 0. The van der Waals surface area contributed by atoms with E-state index in [1.54, 1.807) is 6.07 Å². The summed E-state index contributed by atoms with van der Waals surface area (Å²) in [6, 6.07) is 22.9. The second-order valence-electron chi connectivity index (χ2n) is 9.26. The van der Waals surface area contributed by atoms with E-state index in [2.05, 4.69) is 23.5 Å². The van der Waals surface area contributed by atoms with Crippen LogP contribution in [0.4, 0.5) is 10.1 Å². The molecule has 0 aliphatic carbocycles. The molecule has 174 valence electrons. The Morgan fingerprint density at radius 3 is 2.45 bits per heavy atom. The first kappa shape index (κ1) is 23.3. The molecule has 1 aliphatic rings. The predicted octanol–water partition coefficient (Wildman–Crippen LogP) is 6.66. The van der Waals surface area contributed by atoms with Crippen LogP contribution in [0.15, 0.2) is 72.8 Å². The third kappa shape index (κ3) is 5.73. The van der Waals surface area contributed by atoms with E-state index in [1.807, 2.05) is 64.1 Å². The first-order valence-electron chi connectivity index (χ1n) is 11.4. The van der Waals surface area contributed by atoms with E-state index in [4.69, 9.17) is 14.2 Å². The molecule has 2 atom stereocenters. The Morgan fingerprint density at radius 2 is 1.73 bits per heavy atom.